The molecule has 0 spiro atoms. The molecule has 0 bridgehead atoms. The van der Waals surface area contributed by atoms with Crippen molar-refractivity contribution in [1.29, 1.82) is 0 Å². The highest BCUT2D eigenvalue weighted by molar-refractivity contribution is 7.12. The van der Waals surface area contributed by atoms with Gasteiger partial charge in [-0.05, 0) is 41.5 Å². The van der Waals surface area contributed by atoms with Gasteiger partial charge in [-0.1, -0.05) is 44.1 Å². The van der Waals surface area contributed by atoms with Gasteiger partial charge in [0, 0.05) is 0 Å². The minimum Gasteiger partial charge on any atom is -0.313 e. The van der Waals surface area contributed by atoms with E-state index in [0.717, 1.165) is 4.88 Å². The maximum Gasteiger partial charge on any atom is 0.365 e. The number of thiophene rings is 1. The summed E-state index contributed by atoms with van der Waals surface area (Å²) in [5.74, 6) is -0.439. The van der Waals surface area contributed by atoms with Crippen molar-refractivity contribution in [3.8, 4) is 0 Å². The summed E-state index contributed by atoms with van der Waals surface area (Å²) in [7, 11) is 0. The lowest BCUT2D eigenvalue weighted by Crippen LogP contribution is -2.11. The van der Waals surface area contributed by atoms with Crippen LogP contribution in [-0.4, -0.2) is 11.7 Å². The Morgan fingerprint density at radius 3 is 2.33 bits per heavy atom. The van der Waals surface area contributed by atoms with Crippen molar-refractivity contribution in [3.05, 3.63) is 57.8 Å². The summed E-state index contributed by atoms with van der Waals surface area (Å²) >= 11 is 1.56. The van der Waals surface area contributed by atoms with Crippen LogP contribution in [0.2, 0.25) is 0 Å². The molecule has 1 aromatic heterocycles. The molecule has 0 saturated heterocycles. The van der Waals surface area contributed by atoms with E-state index in [-0.39, 0.29) is 5.41 Å². The fraction of sp³-hybridized carbons (Fsp3) is 0.294. The first-order chi connectivity index (χ1) is 9.88. The Hall–Kier alpha value is -1.94. The molecule has 0 aliphatic rings. The van der Waals surface area contributed by atoms with Crippen LogP contribution in [0.3, 0.4) is 0 Å². The summed E-state index contributed by atoms with van der Waals surface area (Å²) < 4.78 is 0. The predicted octanol–water partition coefficient (Wildman–Crippen LogP) is 4.63. The normalized spacial score (nSPS) is 12.3. The number of rotatable bonds is 3. The average molecular weight is 301 g/mol. The first-order valence-electron chi connectivity index (χ1n) is 6.78. The third kappa shape index (κ3) is 4.02. The van der Waals surface area contributed by atoms with E-state index in [4.69, 9.17) is 4.84 Å². The first-order valence-corrected chi connectivity index (χ1v) is 7.66. The Balaban J connectivity index is 2.06. The molecular formula is C17H19NO2S. The van der Waals surface area contributed by atoms with Crippen LogP contribution in [0.15, 0.2) is 46.9 Å². The smallest absolute Gasteiger partial charge is 0.313 e. The Morgan fingerprint density at radius 1 is 1.14 bits per heavy atom. The van der Waals surface area contributed by atoms with E-state index in [2.05, 4.69) is 25.9 Å². The van der Waals surface area contributed by atoms with Crippen LogP contribution in [0.1, 0.15) is 48.5 Å². The van der Waals surface area contributed by atoms with E-state index in [1.165, 1.54) is 5.56 Å². The Bertz CT molecular complexity index is 634. The van der Waals surface area contributed by atoms with Gasteiger partial charge in [0.1, 0.15) is 0 Å². The summed E-state index contributed by atoms with van der Waals surface area (Å²) in [5, 5.41) is 5.85. The molecule has 2 rings (SSSR count). The molecule has 0 N–H and O–H groups in total. The number of hydrogen-bond acceptors (Lipinski definition) is 4. The molecule has 0 fully saturated rings. The SMILES string of the molecule is C/C(=N\OC(=O)c1ccc(C(C)(C)C)cc1)c1cccs1. The van der Waals surface area contributed by atoms with Gasteiger partial charge >= 0.3 is 5.97 Å². The number of carbonyl (C=O) groups is 1. The van der Waals surface area contributed by atoms with Gasteiger partial charge in [-0.25, -0.2) is 4.79 Å². The van der Waals surface area contributed by atoms with Gasteiger partial charge in [0.2, 0.25) is 0 Å². The Kier molecular flexibility index (Phi) is 4.58. The number of carbonyl (C=O) groups excluding carboxylic acids is 1. The first kappa shape index (κ1) is 15.4. The van der Waals surface area contributed by atoms with E-state index in [9.17, 15) is 4.79 Å². The number of benzene rings is 1. The maximum absolute atomic E-state index is 12.0. The van der Waals surface area contributed by atoms with Crippen LogP contribution in [0, 0.1) is 0 Å². The quantitative estimate of drug-likeness (QED) is 0.471. The lowest BCUT2D eigenvalue weighted by molar-refractivity contribution is 0.0516. The van der Waals surface area contributed by atoms with Crippen LogP contribution >= 0.6 is 11.3 Å². The standard InChI is InChI=1S/C17H19NO2S/c1-12(15-6-5-11-21-15)18-20-16(19)13-7-9-14(10-8-13)17(2,3)4/h5-11H,1-4H3/b18-12+. The number of nitrogens with zero attached hydrogens (tertiary/aromatic N) is 1. The summed E-state index contributed by atoms with van der Waals surface area (Å²) in [4.78, 5) is 17.9. The average Bonchev–Trinajstić information content (AvgIpc) is 2.98. The van der Waals surface area contributed by atoms with Crippen LogP contribution in [0.25, 0.3) is 0 Å². The topological polar surface area (TPSA) is 38.7 Å². The highest BCUT2D eigenvalue weighted by Crippen LogP contribution is 2.22. The fourth-order valence-corrected chi connectivity index (χ4v) is 2.47. The molecule has 21 heavy (non-hydrogen) atoms. The second-order valence-corrected chi connectivity index (χ2v) is 6.81. The molecular weight excluding hydrogens is 282 g/mol. The zero-order valence-corrected chi connectivity index (χ0v) is 13.5. The summed E-state index contributed by atoms with van der Waals surface area (Å²) in [6.07, 6.45) is 0. The Morgan fingerprint density at radius 2 is 1.81 bits per heavy atom. The zero-order chi connectivity index (χ0) is 15.5. The van der Waals surface area contributed by atoms with Crippen molar-refractivity contribution in [1.82, 2.24) is 0 Å². The molecule has 3 nitrogen and oxygen atoms in total. The minimum atomic E-state index is -0.439. The van der Waals surface area contributed by atoms with Crippen LogP contribution in [0.4, 0.5) is 0 Å². The second-order valence-electron chi connectivity index (χ2n) is 5.86. The third-order valence-electron chi connectivity index (χ3n) is 3.13. The van der Waals surface area contributed by atoms with Gasteiger partial charge in [-0.15, -0.1) is 11.3 Å². The summed E-state index contributed by atoms with van der Waals surface area (Å²) in [5.41, 5.74) is 2.45. The molecule has 0 radical (unpaired) electrons. The number of oxime groups is 1. The molecule has 0 atom stereocenters. The van der Waals surface area contributed by atoms with Crippen LogP contribution < -0.4 is 0 Å². The molecule has 1 aromatic carbocycles. The molecule has 0 amide bonds. The molecule has 0 saturated carbocycles. The van der Waals surface area contributed by atoms with Gasteiger partial charge < -0.3 is 4.84 Å². The fourth-order valence-electron chi connectivity index (χ4n) is 1.80. The zero-order valence-electron chi connectivity index (χ0n) is 12.7. The van der Waals surface area contributed by atoms with Crippen LogP contribution in [0.5, 0.6) is 0 Å². The lowest BCUT2D eigenvalue weighted by atomic mass is 9.87. The van der Waals surface area contributed by atoms with Crippen molar-refractivity contribution < 1.29 is 9.63 Å². The summed E-state index contributed by atoms with van der Waals surface area (Å²) in [6, 6.07) is 11.3. The van der Waals surface area contributed by atoms with E-state index in [0.29, 0.717) is 11.3 Å². The second kappa shape index (κ2) is 6.22. The molecule has 0 unspecified atom stereocenters. The van der Waals surface area contributed by atoms with Gasteiger partial charge in [0.15, 0.2) is 0 Å². The van der Waals surface area contributed by atoms with Gasteiger partial charge in [0.05, 0.1) is 16.2 Å². The van der Waals surface area contributed by atoms with Crippen molar-refractivity contribution in [2.45, 2.75) is 33.1 Å². The van der Waals surface area contributed by atoms with Crippen molar-refractivity contribution in [2.75, 3.05) is 0 Å². The minimum absolute atomic E-state index is 0.0658. The van der Waals surface area contributed by atoms with Crippen molar-refractivity contribution in [3.63, 3.8) is 0 Å². The largest absolute Gasteiger partial charge is 0.365 e. The summed E-state index contributed by atoms with van der Waals surface area (Å²) in [6.45, 7) is 8.22. The third-order valence-corrected chi connectivity index (χ3v) is 4.11. The highest BCUT2D eigenvalue weighted by atomic mass is 32.1. The lowest BCUT2D eigenvalue weighted by Gasteiger charge is -2.18. The molecule has 0 aliphatic heterocycles. The molecule has 1 heterocycles. The molecule has 110 valence electrons. The molecule has 4 heteroatoms. The monoisotopic (exact) mass is 301 g/mol. The van der Waals surface area contributed by atoms with Gasteiger partial charge in [-0.2, -0.15) is 0 Å². The Labute approximate surface area is 129 Å². The number of hydrogen-bond donors (Lipinski definition) is 0. The molecule has 0 aliphatic carbocycles. The van der Waals surface area contributed by atoms with E-state index in [1.807, 2.05) is 36.6 Å². The van der Waals surface area contributed by atoms with E-state index < -0.39 is 5.97 Å². The van der Waals surface area contributed by atoms with Gasteiger partial charge in [-0.3, -0.25) is 0 Å². The van der Waals surface area contributed by atoms with Crippen molar-refractivity contribution >= 4 is 23.0 Å². The highest BCUT2D eigenvalue weighted by Gasteiger charge is 2.15. The van der Waals surface area contributed by atoms with Crippen molar-refractivity contribution in [2.24, 2.45) is 5.16 Å². The van der Waals surface area contributed by atoms with E-state index in [1.54, 1.807) is 23.5 Å². The molecule has 2 aromatic rings. The predicted molar refractivity (Wildman–Crippen MR) is 87.1 cm³/mol. The van der Waals surface area contributed by atoms with Crippen LogP contribution in [-0.2, 0) is 10.3 Å². The van der Waals surface area contributed by atoms with E-state index >= 15 is 0 Å². The van der Waals surface area contributed by atoms with Gasteiger partial charge in [0.25, 0.3) is 0 Å². The maximum atomic E-state index is 12.0.